The first-order chi connectivity index (χ1) is 25.6. The SMILES string of the molecule is C=CC1C[C@]1(NC(=O)C1C[C@@H]2CN1C(=O)C(C(C)(C)C)NC(=O)OC1CC1CCCCCc1nc3ccc(OC)cc3nc1O2)C(=O)NS(=O)(=O)C1CC1. The van der Waals surface area contributed by atoms with E-state index in [1.165, 1.54) is 11.0 Å². The van der Waals surface area contributed by atoms with Crippen LogP contribution in [0.15, 0.2) is 30.9 Å². The number of sulfonamides is 1. The van der Waals surface area contributed by atoms with Gasteiger partial charge in [-0.1, -0.05) is 39.7 Å². The molecule has 2 aliphatic heterocycles. The van der Waals surface area contributed by atoms with Crippen LogP contribution in [0.2, 0.25) is 0 Å². The van der Waals surface area contributed by atoms with E-state index in [1.54, 1.807) is 13.2 Å². The van der Waals surface area contributed by atoms with Gasteiger partial charge < -0.3 is 29.7 Å². The van der Waals surface area contributed by atoms with Crippen LogP contribution in [-0.2, 0) is 35.6 Å². The number of nitrogens with zero attached hydrogens (tertiary/aromatic N) is 3. The van der Waals surface area contributed by atoms with Crippen LogP contribution in [0.5, 0.6) is 11.6 Å². The first-order valence-electron chi connectivity index (χ1n) is 18.9. The predicted molar refractivity (Wildman–Crippen MR) is 197 cm³/mol. The van der Waals surface area contributed by atoms with E-state index in [4.69, 9.17) is 24.2 Å². The molecular weight excluding hydrogens is 717 g/mol. The second-order valence-corrected chi connectivity index (χ2v) is 18.4. The summed E-state index contributed by atoms with van der Waals surface area (Å²) in [6.07, 6.45) is 5.93. The molecule has 1 aromatic heterocycles. The zero-order chi connectivity index (χ0) is 38.6. The Bertz CT molecular complexity index is 1960. The topological polar surface area (TPSA) is 195 Å². The van der Waals surface area contributed by atoms with E-state index >= 15 is 0 Å². The van der Waals surface area contributed by atoms with E-state index in [0.29, 0.717) is 47.6 Å². The minimum atomic E-state index is -3.90. The molecule has 54 heavy (non-hydrogen) atoms. The average molecular weight is 767 g/mol. The molecule has 292 valence electrons. The molecule has 15 nitrogen and oxygen atoms in total. The van der Waals surface area contributed by atoms with Gasteiger partial charge in [0.05, 0.1) is 29.9 Å². The first-order valence-corrected chi connectivity index (χ1v) is 20.5. The van der Waals surface area contributed by atoms with Gasteiger partial charge in [0.15, 0.2) is 0 Å². The van der Waals surface area contributed by atoms with Gasteiger partial charge in [-0.2, -0.15) is 0 Å². The highest BCUT2D eigenvalue weighted by molar-refractivity contribution is 7.91. The highest BCUT2D eigenvalue weighted by atomic mass is 32.2. The molecule has 1 aromatic carbocycles. The Kier molecular flexibility index (Phi) is 10.0. The summed E-state index contributed by atoms with van der Waals surface area (Å²) in [5.41, 5.74) is -0.451. The number of aryl methyl sites for hydroxylation is 1. The van der Waals surface area contributed by atoms with Gasteiger partial charge in [0.1, 0.15) is 41.3 Å². The molecule has 16 heteroatoms. The largest absolute Gasteiger partial charge is 0.497 e. The molecule has 5 aliphatic rings. The maximum Gasteiger partial charge on any atom is 0.408 e. The highest BCUT2D eigenvalue weighted by Crippen LogP contribution is 2.46. The molecule has 7 rings (SSSR count). The van der Waals surface area contributed by atoms with Gasteiger partial charge >= 0.3 is 6.09 Å². The van der Waals surface area contributed by atoms with Crippen molar-refractivity contribution in [1.29, 1.82) is 0 Å². The third kappa shape index (κ3) is 7.85. The molecule has 1 saturated heterocycles. The molecule has 2 aromatic rings. The molecule has 3 aliphatic carbocycles. The molecule has 0 spiro atoms. The van der Waals surface area contributed by atoms with Crippen molar-refractivity contribution in [2.45, 2.75) is 120 Å². The molecule has 4 fully saturated rings. The Hall–Kier alpha value is -4.47. The molecule has 2 bridgehead atoms. The number of benzene rings is 1. The zero-order valence-corrected chi connectivity index (χ0v) is 32.1. The summed E-state index contributed by atoms with van der Waals surface area (Å²) in [7, 11) is -2.33. The molecule has 3 N–H and O–H groups in total. The van der Waals surface area contributed by atoms with Crippen molar-refractivity contribution in [3.8, 4) is 11.6 Å². The van der Waals surface area contributed by atoms with Crippen molar-refractivity contribution >= 4 is 44.9 Å². The second-order valence-electron chi connectivity index (χ2n) is 16.5. The average Bonchev–Trinajstić information content (AvgIpc) is 4.04. The number of carbonyl (C=O) groups is 4. The smallest absolute Gasteiger partial charge is 0.408 e. The fourth-order valence-electron chi connectivity index (χ4n) is 7.64. The number of hydrogen-bond donors (Lipinski definition) is 3. The Morgan fingerprint density at radius 3 is 2.54 bits per heavy atom. The Morgan fingerprint density at radius 1 is 1.07 bits per heavy atom. The van der Waals surface area contributed by atoms with E-state index in [0.717, 1.165) is 32.1 Å². The number of fused-ring (bicyclic) bond motifs is 5. The zero-order valence-electron chi connectivity index (χ0n) is 31.3. The number of ether oxygens (including phenoxy) is 3. The maximum atomic E-state index is 14.6. The number of carbonyl (C=O) groups excluding carboxylic acids is 4. The van der Waals surface area contributed by atoms with Crippen LogP contribution in [0.4, 0.5) is 4.79 Å². The van der Waals surface area contributed by atoms with E-state index in [2.05, 4.69) is 21.9 Å². The fourth-order valence-corrected chi connectivity index (χ4v) is 9.00. The monoisotopic (exact) mass is 766 g/mol. The third-order valence-electron chi connectivity index (χ3n) is 11.3. The standard InChI is InChI=1S/C38H50N6O9S/c1-6-22-19-38(22,35(47)43-54(49,50)25-13-14-25)42-32(45)29-18-24-20-44(29)34(46)31(37(2,3)4)41-36(48)53-30-16-21(30)10-8-7-9-11-27-33(52-24)40-28-17-23(51-5)12-15-26(28)39-27/h6,12,15,17,21-22,24-25,29-31H,1,7-11,13-14,16,18-20H2,2-5H3,(H,41,48)(H,42,45)(H,43,47)/t21?,22?,24-,29?,30?,31?,38-/m1/s1. The number of rotatable bonds is 7. The maximum absolute atomic E-state index is 14.6. The molecule has 7 atom stereocenters. The van der Waals surface area contributed by atoms with Crippen molar-refractivity contribution in [3.05, 3.63) is 36.5 Å². The van der Waals surface area contributed by atoms with Crippen LogP contribution in [0, 0.1) is 17.3 Å². The summed E-state index contributed by atoms with van der Waals surface area (Å²) in [4.78, 5) is 66.8. The number of alkyl carbamates (subject to hydrolysis) is 1. The van der Waals surface area contributed by atoms with Crippen LogP contribution < -0.4 is 24.8 Å². The van der Waals surface area contributed by atoms with Gasteiger partial charge in [-0.05, 0) is 68.4 Å². The summed E-state index contributed by atoms with van der Waals surface area (Å²) in [6, 6.07) is 3.20. The van der Waals surface area contributed by atoms with Gasteiger partial charge in [-0.3, -0.25) is 19.1 Å². The third-order valence-corrected chi connectivity index (χ3v) is 13.1. The molecule has 0 radical (unpaired) electrons. The molecule has 5 unspecified atom stereocenters. The lowest BCUT2D eigenvalue weighted by molar-refractivity contribution is -0.142. The number of nitrogens with one attached hydrogen (secondary N) is 3. The van der Waals surface area contributed by atoms with Crippen LogP contribution >= 0.6 is 0 Å². The predicted octanol–water partition coefficient (Wildman–Crippen LogP) is 3.30. The highest BCUT2D eigenvalue weighted by Gasteiger charge is 2.62. The number of amides is 4. The lowest BCUT2D eigenvalue weighted by Crippen LogP contribution is -2.60. The van der Waals surface area contributed by atoms with Gasteiger partial charge in [0.25, 0.3) is 5.91 Å². The van der Waals surface area contributed by atoms with Gasteiger partial charge in [-0.25, -0.2) is 23.2 Å². The summed E-state index contributed by atoms with van der Waals surface area (Å²) < 4.78 is 45.3. The van der Waals surface area contributed by atoms with Gasteiger partial charge in [-0.15, -0.1) is 6.58 Å². The minimum absolute atomic E-state index is 0.0245. The molecule has 3 saturated carbocycles. The van der Waals surface area contributed by atoms with Gasteiger partial charge in [0, 0.05) is 18.4 Å². The quantitative estimate of drug-likeness (QED) is 0.350. The van der Waals surface area contributed by atoms with Gasteiger partial charge in [0.2, 0.25) is 27.7 Å². The minimum Gasteiger partial charge on any atom is -0.497 e. The van der Waals surface area contributed by atoms with Crippen LogP contribution in [-0.4, -0.2) is 95.8 Å². The summed E-state index contributed by atoms with van der Waals surface area (Å²) in [6.45, 7) is 9.18. The molecular formula is C38H50N6O9S. The summed E-state index contributed by atoms with van der Waals surface area (Å²) in [5.74, 6) is -1.39. The number of aromatic nitrogens is 2. The number of methoxy groups -OCH3 is 1. The van der Waals surface area contributed by atoms with E-state index in [1.807, 2.05) is 32.9 Å². The van der Waals surface area contributed by atoms with Crippen molar-refractivity contribution in [1.82, 2.24) is 30.2 Å². The Labute approximate surface area is 315 Å². The second kappa shape index (κ2) is 14.3. The summed E-state index contributed by atoms with van der Waals surface area (Å²) in [5, 5.41) is 4.96. The molecule has 3 heterocycles. The van der Waals surface area contributed by atoms with E-state index in [9.17, 15) is 27.6 Å². The lowest BCUT2D eigenvalue weighted by Gasteiger charge is -2.35. The molecule has 4 amide bonds. The first kappa shape index (κ1) is 37.8. The van der Waals surface area contributed by atoms with E-state index in [-0.39, 0.29) is 31.4 Å². The Morgan fingerprint density at radius 2 is 1.85 bits per heavy atom. The van der Waals surface area contributed by atoms with E-state index < -0.39 is 74.1 Å². The van der Waals surface area contributed by atoms with Crippen LogP contribution in [0.3, 0.4) is 0 Å². The van der Waals surface area contributed by atoms with Crippen LogP contribution in [0.1, 0.15) is 84.3 Å². The van der Waals surface area contributed by atoms with Crippen LogP contribution in [0.25, 0.3) is 11.0 Å². The number of hydrogen-bond acceptors (Lipinski definition) is 11. The van der Waals surface area contributed by atoms with Crippen molar-refractivity contribution in [2.75, 3.05) is 13.7 Å². The lowest BCUT2D eigenvalue weighted by atomic mass is 9.85. The Balaban J connectivity index is 1.22. The van der Waals surface area contributed by atoms with Crippen molar-refractivity contribution < 1.29 is 41.8 Å². The fraction of sp³-hybridized carbons (Fsp3) is 0.632. The van der Waals surface area contributed by atoms with Crippen molar-refractivity contribution in [3.63, 3.8) is 0 Å². The van der Waals surface area contributed by atoms with Crippen molar-refractivity contribution in [2.24, 2.45) is 17.3 Å². The summed E-state index contributed by atoms with van der Waals surface area (Å²) >= 11 is 0. The normalized spacial score (nSPS) is 30.3.